The Bertz CT molecular complexity index is 2260. The van der Waals surface area contributed by atoms with Gasteiger partial charge in [-0.3, -0.25) is 14.4 Å². The van der Waals surface area contributed by atoms with Crippen LogP contribution in [-0.4, -0.2) is 105 Å². The number of esters is 4. The molecule has 4 aliphatic rings. The molecule has 2 saturated carbocycles. The minimum absolute atomic E-state index is 0.0158. The molecular weight excluding hydrogens is 808 g/mol. The lowest BCUT2D eigenvalue weighted by molar-refractivity contribution is -0.346. The normalized spacial score (nSPS) is 31.9. The van der Waals surface area contributed by atoms with Gasteiger partial charge in [-0.15, -0.1) is 0 Å². The van der Waals surface area contributed by atoms with E-state index in [1.807, 2.05) is 0 Å². The number of rotatable bonds is 10. The van der Waals surface area contributed by atoms with Crippen molar-refractivity contribution in [3.63, 3.8) is 0 Å². The van der Waals surface area contributed by atoms with Gasteiger partial charge in [-0.1, -0.05) is 50.2 Å². The van der Waals surface area contributed by atoms with Gasteiger partial charge in [-0.25, -0.2) is 14.4 Å². The van der Waals surface area contributed by atoms with E-state index in [4.69, 9.17) is 28.1 Å². The predicted molar refractivity (Wildman–Crippen MR) is 215 cm³/mol. The average molecular weight is 859 g/mol. The maximum Gasteiger partial charge on any atom is 0.338 e. The Hall–Kier alpha value is -5.88. The molecule has 1 saturated heterocycles. The molecule has 2 aromatic carbocycles. The van der Waals surface area contributed by atoms with E-state index >= 15 is 4.79 Å². The Morgan fingerprint density at radius 1 is 0.887 bits per heavy atom. The molecule has 3 aliphatic carbocycles. The molecule has 5 N–H and O–H groups in total. The van der Waals surface area contributed by atoms with Gasteiger partial charge in [0.05, 0.1) is 35.9 Å². The predicted octanol–water partition coefficient (Wildman–Crippen LogP) is 3.72. The van der Waals surface area contributed by atoms with Gasteiger partial charge in [0.1, 0.15) is 35.7 Å². The third kappa shape index (κ3) is 7.35. The number of aliphatic hydroxyl groups excluding tert-OH is 2. The van der Waals surface area contributed by atoms with E-state index in [1.165, 1.54) is 44.4 Å². The third-order valence-corrected chi connectivity index (χ3v) is 13.2. The van der Waals surface area contributed by atoms with Crippen LogP contribution in [0.2, 0.25) is 0 Å². The van der Waals surface area contributed by atoms with Crippen LogP contribution in [0.1, 0.15) is 76.5 Å². The van der Waals surface area contributed by atoms with Gasteiger partial charge in [0, 0.05) is 37.8 Å². The van der Waals surface area contributed by atoms with Gasteiger partial charge in [0.2, 0.25) is 0 Å². The monoisotopic (exact) mass is 858 g/mol. The number of hydrogen-bond donors (Lipinski definition) is 5. The van der Waals surface area contributed by atoms with Crippen LogP contribution in [0.15, 0.2) is 94.6 Å². The number of Topliss-reactive ketones (excluding diaryl/α,β-unsaturated/α-hetero) is 1. The lowest BCUT2D eigenvalue weighted by Gasteiger charge is -2.67. The second-order valence-electron chi connectivity index (χ2n) is 17.1. The van der Waals surface area contributed by atoms with Crippen LogP contribution in [0.25, 0.3) is 0 Å². The summed E-state index contributed by atoms with van der Waals surface area (Å²) in [6, 6.07) is 16.8. The molecule has 17 heteroatoms. The number of fused-ring (bicyclic) bond motifs is 5. The summed E-state index contributed by atoms with van der Waals surface area (Å²) in [5.41, 5.74) is -7.35. The summed E-state index contributed by atoms with van der Waals surface area (Å²) in [4.78, 5) is 83.0. The first-order valence-corrected chi connectivity index (χ1v) is 20.2. The first-order chi connectivity index (χ1) is 29.3. The van der Waals surface area contributed by atoms with Crippen LogP contribution >= 0.6 is 0 Å². The quantitative estimate of drug-likeness (QED) is 0.111. The Balaban J connectivity index is 1.36. The number of hydrogen-bond acceptors (Lipinski definition) is 15. The second kappa shape index (κ2) is 16.4. The fourth-order valence-corrected chi connectivity index (χ4v) is 9.97. The number of amides is 2. The number of furan rings is 1. The number of anilines is 1. The number of para-hydroxylation sites is 1. The fraction of sp³-hybridized carbons (Fsp3) is 0.467. The van der Waals surface area contributed by atoms with E-state index in [1.54, 1.807) is 62.4 Å². The molecule has 0 spiro atoms. The van der Waals surface area contributed by atoms with Crippen LogP contribution in [0.3, 0.4) is 0 Å². The largest absolute Gasteiger partial charge is 0.467 e. The van der Waals surface area contributed by atoms with Crippen LogP contribution in [0.4, 0.5) is 10.5 Å². The molecule has 0 radical (unpaired) electrons. The van der Waals surface area contributed by atoms with Crippen molar-refractivity contribution in [2.45, 2.75) is 108 Å². The summed E-state index contributed by atoms with van der Waals surface area (Å²) in [6.07, 6.45) is -9.46. The van der Waals surface area contributed by atoms with E-state index in [0.29, 0.717) is 5.69 Å². The number of ether oxygens (including phenoxy) is 5. The van der Waals surface area contributed by atoms with Crippen molar-refractivity contribution in [2.75, 3.05) is 11.9 Å². The SMILES string of the molecule is CC(=O)OC1C(=O)[C@]2(C)C(O)CC3OC[C@@]3(OC(C)=O)C2C(OC(=O)c2ccccc2)C2(O)CC(OC(=O)C(O)C(NC(=O)Nc3ccccc3)c3ccco3)C(C)=C1C2(C)C. The number of carbonyl (C=O) groups is 6. The van der Waals surface area contributed by atoms with Crippen molar-refractivity contribution in [1.82, 2.24) is 5.32 Å². The molecule has 11 atom stereocenters. The summed E-state index contributed by atoms with van der Waals surface area (Å²) >= 11 is 0. The molecule has 2 heterocycles. The molecule has 330 valence electrons. The lowest BCUT2D eigenvalue weighted by Crippen LogP contribution is -2.82. The highest BCUT2D eigenvalue weighted by Crippen LogP contribution is 2.64. The molecule has 9 unspecified atom stereocenters. The number of benzene rings is 2. The zero-order chi connectivity index (χ0) is 44.9. The van der Waals surface area contributed by atoms with Crippen molar-refractivity contribution in [3.8, 4) is 0 Å². The average Bonchev–Trinajstić information content (AvgIpc) is 3.76. The van der Waals surface area contributed by atoms with Gasteiger partial charge < -0.3 is 54.1 Å². The Labute approximate surface area is 356 Å². The molecule has 2 bridgehead atoms. The standard InChI is InChI=1S/C45H50N2O15/c1-23-29(60-40(54)34(51)33(28-18-13-19-57-28)47-41(55)46-27-16-11-8-12-17-27)21-45(56)38(61-39(53)26-14-9-7-10-15-26)36-43(6,30(50)20-31-44(36,22-58-31)62-25(3)49)37(52)35(59-24(2)48)32(23)42(45,4)5/h7-19,29-31,33-36,38,50-51,56H,20-22H2,1-6H3,(H2,46,47,55)/t29?,30?,31?,33?,34?,35?,36?,38?,43-,44+,45?/m1/s1. The van der Waals surface area contributed by atoms with Crippen LogP contribution in [0, 0.1) is 16.7 Å². The van der Waals surface area contributed by atoms with Crippen LogP contribution < -0.4 is 10.6 Å². The molecule has 62 heavy (non-hydrogen) atoms. The smallest absolute Gasteiger partial charge is 0.338 e. The maximum absolute atomic E-state index is 15.5. The van der Waals surface area contributed by atoms with Crippen molar-refractivity contribution in [2.24, 2.45) is 16.7 Å². The number of carbonyl (C=O) groups excluding carboxylic acids is 6. The van der Waals surface area contributed by atoms with Crippen LogP contribution in [0.5, 0.6) is 0 Å². The molecule has 3 aromatic rings. The zero-order valence-corrected chi connectivity index (χ0v) is 35.0. The zero-order valence-electron chi connectivity index (χ0n) is 35.0. The minimum atomic E-state index is -2.41. The molecular formula is C45H50N2O15. The summed E-state index contributed by atoms with van der Waals surface area (Å²) in [7, 11) is 0. The van der Waals surface area contributed by atoms with E-state index in [9.17, 15) is 39.3 Å². The van der Waals surface area contributed by atoms with E-state index in [-0.39, 0.29) is 35.5 Å². The molecule has 7 rings (SSSR count). The Kier molecular flexibility index (Phi) is 11.7. The molecule has 1 aliphatic heterocycles. The molecule has 1 aromatic heterocycles. The molecule has 17 nitrogen and oxygen atoms in total. The van der Waals surface area contributed by atoms with Gasteiger partial charge in [-0.2, -0.15) is 0 Å². The Morgan fingerprint density at radius 2 is 1.55 bits per heavy atom. The highest BCUT2D eigenvalue weighted by molar-refractivity contribution is 5.96. The summed E-state index contributed by atoms with van der Waals surface area (Å²) in [5.74, 6) is -6.40. The highest BCUT2D eigenvalue weighted by atomic mass is 16.6. The molecule has 2 amide bonds. The minimum Gasteiger partial charge on any atom is -0.467 e. The summed E-state index contributed by atoms with van der Waals surface area (Å²) < 4.78 is 35.6. The first kappa shape index (κ1) is 44.2. The van der Waals surface area contributed by atoms with Gasteiger partial charge >= 0.3 is 29.9 Å². The van der Waals surface area contributed by atoms with Gasteiger partial charge in [0.25, 0.3) is 0 Å². The van der Waals surface area contributed by atoms with E-state index in [0.717, 1.165) is 13.8 Å². The van der Waals surface area contributed by atoms with Crippen LogP contribution in [-0.2, 0) is 42.9 Å². The highest BCUT2D eigenvalue weighted by Gasteiger charge is 2.78. The first-order valence-electron chi connectivity index (χ1n) is 20.2. The van der Waals surface area contributed by atoms with E-state index < -0.39 is 113 Å². The number of aliphatic hydroxyl groups is 3. The van der Waals surface area contributed by atoms with Crippen molar-refractivity contribution < 1.29 is 72.2 Å². The third-order valence-electron chi connectivity index (χ3n) is 13.2. The number of urea groups is 1. The number of nitrogens with one attached hydrogen (secondary N) is 2. The summed E-state index contributed by atoms with van der Waals surface area (Å²) in [6.45, 7) is 7.88. The lowest BCUT2D eigenvalue weighted by atomic mass is 9.44. The fourth-order valence-electron chi connectivity index (χ4n) is 9.97. The summed E-state index contributed by atoms with van der Waals surface area (Å²) in [5, 5.41) is 42.5. The van der Waals surface area contributed by atoms with Crippen molar-refractivity contribution in [3.05, 3.63) is 102 Å². The maximum atomic E-state index is 15.5. The van der Waals surface area contributed by atoms with Gasteiger partial charge in [-0.05, 0) is 61.4 Å². The second-order valence-corrected chi connectivity index (χ2v) is 17.1. The van der Waals surface area contributed by atoms with Crippen molar-refractivity contribution >= 4 is 41.4 Å². The van der Waals surface area contributed by atoms with Crippen molar-refractivity contribution in [1.29, 1.82) is 0 Å². The van der Waals surface area contributed by atoms with Gasteiger partial charge in [0.15, 0.2) is 23.6 Å². The topological polar surface area (TPSA) is 246 Å². The van der Waals surface area contributed by atoms with E-state index in [2.05, 4.69) is 10.6 Å². The molecule has 3 fully saturated rings. The number of ketones is 1. The Morgan fingerprint density at radius 3 is 2.13 bits per heavy atom.